The molecule has 0 atom stereocenters. The van der Waals surface area contributed by atoms with E-state index in [4.69, 9.17) is 0 Å². The van der Waals surface area contributed by atoms with E-state index < -0.39 is 138 Å². The lowest BCUT2D eigenvalue weighted by molar-refractivity contribution is 0.376. The Morgan fingerprint density at radius 2 is 0.455 bits per heavy atom. The van der Waals surface area contributed by atoms with E-state index in [0.29, 0.717) is 13.7 Å². The van der Waals surface area contributed by atoms with Crippen LogP contribution in [0.5, 0.6) is 0 Å². The van der Waals surface area contributed by atoms with E-state index >= 15 is 26.3 Å². The van der Waals surface area contributed by atoms with E-state index in [0.717, 1.165) is 18.2 Å². The molecule has 0 spiro atoms. The number of benzene rings is 7. The molecule has 0 radical (unpaired) electrons. The molecule has 10 rings (SSSR count). The second kappa shape index (κ2) is 15.0. The summed E-state index contributed by atoms with van der Waals surface area (Å²) in [4.78, 5) is 13.1. The molecule has 0 aliphatic heterocycles. The van der Waals surface area contributed by atoms with Crippen LogP contribution in [0.15, 0.2) is 91.0 Å². The first-order valence-corrected chi connectivity index (χ1v) is 18.7. The lowest BCUT2D eigenvalue weighted by Gasteiger charge is -2.17. The predicted molar refractivity (Wildman–Crippen MR) is 206 cm³/mol. The van der Waals surface area contributed by atoms with Crippen molar-refractivity contribution in [2.45, 2.75) is 0 Å². The van der Waals surface area contributed by atoms with Crippen molar-refractivity contribution in [2.75, 3.05) is 0 Å². The molecule has 0 saturated carbocycles. The van der Waals surface area contributed by atoms with Gasteiger partial charge in [-0.15, -0.1) is 0 Å². The molecular formula is C45H15F15N6. The molecule has 0 unspecified atom stereocenters. The minimum absolute atomic E-state index is 0.161. The highest BCUT2D eigenvalue weighted by molar-refractivity contribution is 5.90. The van der Waals surface area contributed by atoms with Gasteiger partial charge in [0, 0.05) is 16.7 Å². The van der Waals surface area contributed by atoms with Gasteiger partial charge in [-0.25, -0.2) is 80.8 Å². The first-order valence-electron chi connectivity index (χ1n) is 18.7. The van der Waals surface area contributed by atoms with Gasteiger partial charge in [-0.2, -0.15) is 0 Å². The summed E-state index contributed by atoms with van der Waals surface area (Å²) >= 11 is 0. The number of halogens is 15. The summed E-state index contributed by atoms with van der Waals surface area (Å²) in [6.45, 7) is 0. The Kier molecular flexibility index (Phi) is 9.51. The summed E-state index contributed by atoms with van der Waals surface area (Å²) in [6.07, 6.45) is 0. The van der Waals surface area contributed by atoms with Crippen molar-refractivity contribution in [1.82, 2.24) is 28.7 Å². The van der Waals surface area contributed by atoms with Crippen molar-refractivity contribution < 1.29 is 65.9 Å². The second-order valence-electron chi connectivity index (χ2n) is 14.3. The molecule has 0 aliphatic rings. The quantitative estimate of drug-likeness (QED) is 0.0948. The van der Waals surface area contributed by atoms with Gasteiger partial charge >= 0.3 is 0 Å². The van der Waals surface area contributed by atoms with Crippen molar-refractivity contribution >= 4 is 33.1 Å². The third-order valence-corrected chi connectivity index (χ3v) is 10.6. The van der Waals surface area contributed by atoms with Crippen molar-refractivity contribution in [2.24, 2.45) is 0 Å². The van der Waals surface area contributed by atoms with Crippen LogP contribution in [0.3, 0.4) is 0 Å². The molecule has 330 valence electrons. The van der Waals surface area contributed by atoms with Crippen LogP contribution in [0.25, 0.3) is 84.3 Å². The number of fused-ring (bicyclic) bond motifs is 3. The van der Waals surface area contributed by atoms with Crippen LogP contribution in [0.4, 0.5) is 65.9 Å². The fraction of sp³-hybridized carbons (Fsp3) is 0. The maximum absolute atomic E-state index is 15.8. The van der Waals surface area contributed by atoms with Crippen molar-refractivity contribution in [3.63, 3.8) is 0 Å². The van der Waals surface area contributed by atoms with Crippen molar-refractivity contribution in [3.05, 3.63) is 178 Å². The van der Waals surface area contributed by atoms with Gasteiger partial charge in [0.25, 0.3) is 0 Å². The first-order chi connectivity index (χ1) is 31.5. The molecule has 0 saturated heterocycles. The van der Waals surface area contributed by atoms with Gasteiger partial charge in [0.2, 0.25) is 17.5 Å². The van der Waals surface area contributed by atoms with Crippen molar-refractivity contribution in [1.29, 1.82) is 0 Å². The van der Waals surface area contributed by atoms with Gasteiger partial charge < -0.3 is 0 Å². The zero-order valence-corrected chi connectivity index (χ0v) is 32.0. The number of rotatable bonds is 6. The van der Waals surface area contributed by atoms with Crippen LogP contribution in [0, 0.1) is 87.3 Å². The van der Waals surface area contributed by atoms with E-state index in [-0.39, 0.29) is 33.1 Å². The third-order valence-electron chi connectivity index (χ3n) is 10.6. The average Bonchev–Trinajstić information content (AvgIpc) is 4.03. The molecule has 10 aromatic rings. The molecule has 3 heterocycles. The molecule has 21 heteroatoms. The number of nitrogens with zero attached hydrogens (tertiary/aromatic N) is 6. The summed E-state index contributed by atoms with van der Waals surface area (Å²) < 4.78 is 229. The maximum atomic E-state index is 15.8. The third kappa shape index (κ3) is 5.91. The molecule has 7 aromatic carbocycles. The minimum atomic E-state index is -2.52. The second-order valence-corrected chi connectivity index (χ2v) is 14.3. The van der Waals surface area contributed by atoms with E-state index in [1.54, 1.807) is 0 Å². The fourth-order valence-corrected chi connectivity index (χ4v) is 7.72. The van der Waals surface area contributed by atoms with Crippen molar-refractivity contribution in [3.8, 4) is 51.2 Å². The fourth-order valence-electron chi connectivity index (χ4n) is 7.72. The van der Waals surface area contributed by atoms with Crippen LogP contribution in [-0.4, -0.2) is 28.7 Å². The van der Waals surface area contributed by atoms with Gasteiger partial charge in [-0.1, -0.05) is 36.4 Å². The standard InChI is InChI=1S/C45H15F15N6/c46-25-28(49)34(55)40(35(56)29(25)50)64-22-10-4-1-7-19(22)61-43(64)16-13-17(44-62-20-8-2-5-11-23(20)65(44)41-36(57)30(51)26(47)31(52)37(41)58)15-18(14-16)45-63-21-9-3-6-12-24(21)66(45)42-38(59)32(53)27(48)33(54)39(42)60/h1-15H. The van der Waals surface area contributed by atoms with Crippen LogP contribution < -0.4 is 0 Å². The normalized spacial score (nSPS) is 11.9. The lowest BCUT2D eigenvalue weighted by Crippen LogP contribution is -2.12. The highest BCUT2D eigenvalue weighted by Crippen LogP contribution is 2.42. The number of imidazole rings is 3. The van der Waals surface area contributed by atoms with Crippen LogP contribution in [-0.2, 0) is 0 Å². The van der Waals surface area contributed by atoms with E-state index in [2.05, 4.69) is 15.0 Å². The Morgan fingerprint density at radius 1 is 0.258 bits per heavy atom. The van der Waals surface area contributed by atoms with Gasteiger partial charge in [-0.05, 0) is 54.6 Å². The first kappa shape index (κ1) is 41.9. The highest BCUT2D eigenvalue weighted by Gasteiger charge is 2.34. The Bertz CT molecular complexity index is 3260. The summed E-state index contributed by atoms with van der Waals surface area (Å²) in [5.74, 6) is -38.1. The summed E-state index contributed by atoms with van der Waals surface area (Å²) in [7, 11) is 0. The van der Waals surface area contributed by atoms with Gasteiger partial charge in [0.05, 0.1) is 33.1 Å². The minimum Gasteiger partial charge on any atom is -0.287 e. The zero-order valence-electron chi connectivity index (χ0n) is 32.0. The largest absolute Gasteiger partial charge is 0.287 e. The summed E-state index contributed by atoms with van der Waals surface area (Å²) in [5.41, 5.74) is -7.56. The maximum Gasteiger partial charge on any atom is 0.200 e. The molecule has 0 N–H and O–H groups in total. The zero-order chi connectivity index (χ0) is 46.8. The molecule has 0 aliphatic carbocycles. The van der Waals surface area contributed by atoms with E-state index in [1.165, 1.54) is 72.8 Å². The SMILES string of the molecule is Fc1c(F)c(F)c(-n2c(-c3cc(-c4nc5ccccc5n4-c4c(F)c(F)c(F)c(F)c4F)cc(-c4nc5ccccc5n4-c4c(F)c(F)c(F)c(F)c4F)c3)nc3ccccc32)c(F)c1F. The smallest absolute Gasteiger partial charge is 0.200 e. The number of hydrogen-bond acceptors (Lipinski definition) is 3. The van der Waals surface area contributed by atoms with E-state index in [9.17, 15) is 39.5 Å². The predicted octanol–water partition coefficient (Wildman–Crippen LogP) is 12.8. The number of hydrogen-bond donors (Lipinski definition) is 0. The van der Waals surface area contributed by atoms with Crippen LogP contribution >= 0.6 is 0 Å². The number of aromatic nitrogens is 6. The monoisotopic (exact) mass is 924 g/mol. The van der Waals surface area contributed by atoms with Gasteiger partial charge in [0.15, 0.2) is 69.8 Å². The summed E-state index contributed by atoms with van der Waals surface area (Å²) in [5, 5.41) is 0. The van der Waals surface area contributed by atoms with E-state index in [1.807, 2.05) is 0 Å². The Hall–Kier alpha value is -8.10. The Morgan fingerprint density at radius 3 is 0.682 bits per heavy atom. The number of para-hydroxylation sites is 6. The molecule has 0 amide bonds. The molecule has 66 heavy (non-hydrogen) atoms. The van der Waals surface area contributed by atoms with Gasteiger partial charge in [-0.3, -0.25) is 13.7 Å². The molecule has 0 fully saturated rings. The van der Waals surface area contributed by atoms with Crippen LogP contribution in [0.1, 0.15) is 0 Å². The lowest BCUT2D eigenvalue weighted by atomic mass is 10.0. The summed E-state index contributed by atoms with van der Waals surface area (Å²) in [6, 6.07) is 18.3. The highest BCUT2D eigenvalue weighted by atomic mass is 19.2. The molecule has 3 aromatic heterocycles. The Labute approximate surface area is 356 Å². The topological polar surface area (TPSA) is 53.5 Å². The molecule has 6 nitrogen and oxygen atoms in total. The van der Waals surface area contributed by atoms with Crippen LogP contribution in [0.2, 0.25) is 0 Å². The molecule has 0 bridgehead atoms. The average molecular weight is 925 g/mol. The van der Waals surface area contributed by atoms with Gasteiger partial charge in [0.1, 0.15) is 34.5 Å². The Balaban J connectivity index is 1.38. The molecular weight excluding hydrogens is 910 g/mol.